The van der Waals surface area contributed by atoms with Crippen LogP contribution in [0.15, 0.2) is 21.5 Å². The molecule has 0 atom stereocenters. The normalized spacial score (nSPS) is 14.8. The zero-order valence-electron chi connectivity index (χ0n) is 7.60. The second kappa shape index (κ2) is 4.22. The van der Waals surface area contributed by atoms with Gasteiger partial charge in [0.25, 0.3) is 5.76 Å². The van der Waals surface area contributed by atoms with Gasteiger partial charge in [-0.1, -0.05) is 27.7 Å². The number of thioether (sulfide) groups is 1. The Morgan fingerprint density at radius 1 is 1.33 bits per heavy atom. The van der Waals surface area contributed by atoms with E-state index in [1.54, 1.807) is 12.1 Å². The molecular formula is C10H7BrF2OS. The summed E-state index contributed by atoms with van der Waals surface area (Å²) >= 11 is 3.77. The number of carbonyl (C=O) groups is 1. The molecule has 0 heterocycles. The quantitative estimate of drug-likeness (QED) is 0.769. The lowest BCUT2D eigenvalue weighted by Crippen LogP contribution is -1.96. The third-order valence-electron chi connectivity index (χ3n) is 2.31. The smallest absolute Gasteiger partial charge is 0.288 e. The number of Topliss-reactive ketones (excluding diaryl/α,β-unsaturated/α-hetero) is 1. The molecule has 1 aliphatic rings. The molecular weight excluding hydrogens is 286 g/mol. The zero-order valence-corrected chi connectivity index (χ0v) is 10.00. The van der Waals surface area contributed by atoms with Crippen LogP contribution >= 0.6 is 27.7 Å². The number of halogens is 3. The Balaban J connectivity index is 2.49. The summed E-state index contributed by atoms with van der Waals surface area (Å²) in [6, 6.07) is 3.30. The number of fused-ring (bicyclic) bond motifs is 1. The van der Waals surface area contributed by atoms with Gasteiger partial charge in [0, 0.05) is 21.4 Å². The van der Waals surface area contributed by atoms with Gasteiger partial charge >= 0.3 is 0 Å². The van der Waals surface area contributed by atoms with Crippen molar-refractivity contribution in [1.29, 1.82) is 0 Å². The van der Waals surface area contributed by atoms with E-state index in [2.05, 4.69) is 15.9 Å². The fourth-order valence-electron chi connectivity index (χ4n) is 1.71. The highest BCUT2D eigenvalue weighted by Gasteiger charge is 2.26. The van der Waals surface area contributed by atoms with Gasteiger partial charge in [-0.3, -0.25) is 4.79 Å². The average molecular weight is 293 g/mol. The largest absolute Gasteiger partial charge is 0.294 e. The van der Waals surface area contributed by atoms with Crippen LogP contribution in [0.4, 0.5) is 8.78 Å². The lowest BCUT2D eigenvalue weighted by molar-refractivity contribution is 0.0992. The Morgan fingerprint density at radius 2 is 2.07 bits per heavy atom. The summed E-state index contributed by atoms with van der Waals surface area (Å²) in [6.45, 7) is 0. The molecule has 0 amide bonds. The summed E-state index contributed by atoms with van der Waals surface area (Å²) in [5, 5.41) is 0. The van der Waals surface area contributed by atoms with Crippen molar-refractivity contribution in [3.8, 4) is 0 Å². The number of ketones is 1. The average Bonchev–Trinajstić information content (AvgIpc) is 2.54. The standard InChI is InChI=1S/C10H7BrF2OS/c11-6-2-4-8(15-10(12)13)9-5(6)1-3-7(9)14/h2,4,10H,1,3H2. The van der Waals surface area contributed by atoms with Crippen molar-refractivity contribution in [3.05, 3.63) is 27.7 Å². The number of benzene rings is 1. The van der Waals surface area contributed by atoms with E-state index >= 15 is 0 Å². The molecule has 1 aromatic rings. The highest BCUT2D eigenvalue weighted by atomic mass is 79.9. The molecule has 0 unspecified atom stereocenters. The third kappa shape index (κ3) is 2.08. The van der Waals surface area contributed by atoms with Gasteiger partial charge < -0.3 is 0 Å². The van der Waals surface area contributed by atoms with Gasteiger partial charge in [-0.05, 0) is 24.1 Å². The van der Waals surface area contributed by atoms with Gasteiger partial charge in [0.1, 0.15) is 0 Å². The molecule has 1 nitrogen and oxygen atoms in total. The number of carbonyl (C=O) groups excluding carboxylic acids is 1. The van der Waals surface area contributed by atoms with Gasteiger partial charge in [0.05, 0.1) is 0 Å². The highest BCUT2D eigenvalue weighted by Crippen LogP contribution is 2.38. The summed E-state index contributed by atoms with van der Waals surface area (Å²) in [6.07, 6.45) is 1.07. The maximum atomic E-state index is 12.3. The summed E-state index contributed by atoms with van der Waals surface area (Å²) in [5.74, 6) is -2.52. The molecule has 5 heteroatoms. The zero-order chi connectivity index (χ0) is 11.0. The lowest BCUT2D eigenvalue weighted by atomic mass is 10.1. The minimum atomic E-state index is -2.48. The van der Waals surface area contributed by atoms with E-state index < -0.39 is 5.76 Å². The first kappa shape index (κ1) is 11.1. The van der Waals surface area contributed by atoms with E-state index in [0.717, 1.165) is 10.0 Å². The molecule has 80 valence electrons. The summed E-state index contributed by atoms with van der Waals surface area (Å²) in [4.78, 5) is 11.9. The SMILES string of the molecule is O=C1CCc2c(Br)ccc(SC(F)F)c21. The molecule has 0 aromatic heterocycles. The van der Waals surface area contributed by atoms with Crippen molar-refractivity contribution in [2.45, 2.75) is 23.5 Å². The predicted octanol–water partition coefficient (Wildman–Crippen LogP) is 3.89. The minimum Gasteiger partial charge on any atom is -0.294 e. The van der Waals surface area contributed by atoms with Crippen LogP contribution in [-0.2, 0) is 6.42 Å². The Labute approximate surface area is 98.4 Å². The molecule has 0 N–H and O–H groups in total. The maximum absolute atomic E-state index is 12.3. The molecule has 1 aromatic carbocycles. The lowest BCUT2D eigenvalue weighted by Gasteiger charge is -2.07. The van der Waals surface area contributed by atoms with Crippen molar-refractivity contribution >= 4 is 33.5 Å². The van der Waals surface area contributed by atoms with Crippen LogP contribution in [0.3, 0.4) is 0 Å². The van der Waals surface area contributed by atoms with Gasteiger partial charge in [-0.25, -0.2) is 0 Å². The van der Waals surface area contributed by atoms with Gasteiger partial charge in [0.2, 0.25) is 0 Å². The molecule has 0 bridgehead atoms. The van der Waals surface area contributed by atoms with Gasteiger partial charge in [0.15, 0.2) is 5.78 Å². The Morgan fingerprint density at radius 3 is 2.73 bits per heavy atom. The van der Waals surface area contributed by atoms with Crippen LogP contribution in [-0.4, -0.2) is 11.5 Å². The van der Waals surface area contributed by atoms with Crippen LogP contribution in [0.2, 0.25) is 0 Å². The maximum Gasteiger partial charge on any atom is 0.288 e. The number of hydrogen-bond acceptors (Lipinski definition) is 2. The minimum absolute atomic E-state index is 0.0329. The van der Waals surface area contributed by atoms with E-state index in [-0.39, 0.29) is 5.78 Å². The van der Waals surface area contributed by atoms with E-state index in [9.17, 15) is 13.6 Å². The highest BCUT2D eigenvalue weighted by molar-refractivity contribution is 9.10. The predicted molar refractivity (Wildman–Crippen MR) is 58.7 cm³/mol. The van der Waals surface area contributed by atoms with Crippen molar-refractivity contribution < 1.29 is 13.6 Å². The first-order chi connectivity index (χ1) is 7.09. The molecule has 0 saturated carbocycles. The molecule has 0 fully saturated rings. The fourth-order valence-corrected chi connectivity index (χ4v) is 2.93. The fraction of sp³-hybridized carbons (Fsp3) is 0.300. The van der Waals surface area contributed by atoms with Crippen LogP contribution in [0, 0.1) is 0 Å². The van der Waals surface area contributed by atoms with Gasteiger partial charge in [-0.2, -0.15) is 8.78 Å². The Hall–Kier alpha value is -0.420. The second-order valence-electron chi connectivity index (χ2n) is 3.20. The van der Waals surface area contributed by atoms with Crippen LogP contribution in [0.25, 0.3) is 0 Å². The molecule has 2 rings (SSSR count). The Kier molecular flexibility index (Phi) is 3.11. The summed E-state index contributed by atoms with van der Waals surface area (Å²) < 4.78 is 25.3. The van der Waals surface area contributed by atoms with Crippen molar-refractivity contribution in [2.24, 2.45) is 0 Å². The molecule has 0 aliphatic heterocycles. The van der Waals surface area contributed by atoms with Crippen molar-refractivity contribution in [3.63, 3.8) is 0 Å². The number of hydrogen-bond donors (Lipinski definition) is 0. The van der Waals surface area contributed by atoms with Crippen molar-refractivity contribution in [2.75, 3.05) is 0 Å². The molecule has 0 spiro atoms. The molecule has 0 radical (unpaired) electrons. The first-order valence-electron chi connectivity index (χ1n) is 4.39. The second-order valence-corrected chi connectivity index (χ2v) is 5.09. The molecule has 1 aliphatic carbocycles. The van der Waals surface area contributed by atoms with Crippen LogP contribution < -0.4 is 0 Å². The van der Waals surface area contributed by atoms with Crippen LogP contribution in [0.1, 0.15) is 22.3 Å². The monoisotopic (exact) mass is 292 g/mol. The van der Waals surface area contributed by atoms with E-state index in [0.29, 0.717) is 35.1 Å². The third-order valence-corrected chi connectivity index (χ3v) is 3.83. The first-order valence-corrected chi connectivity index (χ1v) is 6.06. The van der Waals surface area contributed by atoms with E-state index in [1.165, 1.54) is 0 Å². The summed E-state index contributed by atoms with van der Waals surface area (Å²) in [7, 11) is 0. The number of rotatable bonds is 2. The number of alkyl halides is 2. The molecule has 0 saturated heterocycles. The van der Waals surface area contributed by atoms with E-state index in [4.69, 9.17) is 0 Å². The van der Waals surface area contributed by atoms with Crippen LogP contribution in [0.5, 0.6) is 0 Å². The Bertz CT molecular complexity index is 420. The summed E-state index contributed by atoms with van der Waals surface area (Å²) in [5.41, 5.74) is 1.35. The molecule has 15 heavy (non-hydrogen) atoms. The van der Waals surface area contributed by atoms with Gasteiger partial charge in [-0.15, -0.1) is 0 Å². The van der Waals surface area contributed by atoms with Crippen molar-refractivity contribution in [1.82, 2.24) is 0 Å². The van der Waals surface area contributed by atoms with E-state index in [1.807, 2.05) is 0 Å². The topological polar surface area (TPSA) is 17.1 Å².